The van der Waals surface area contributed by atoms with E-state index >= 15 is 0 Å². The summed E-state index contributed by atoms with van der Waals surface area (Å²) in [5.41, 5.74) is 11.2. The Balaban J connectivity index is 1.98. The molecule has 0 spiro atoms. The summed E-state index contributed by atoms with van der Waals surface area (Å²) in [4.78, 5) is 24.8. The van der Waals surface area contributed by atoms with Gasteiger partial charge in [0.1, 0.15) is 17.0 Å². The van der Waals surface area contributed by atoms with Gasteiger partial charge in [0.25, 0.3) is 5.91 Å². The molecule has 1 aliphatic rings. The normalized spacial score (nSPS) is 16.6. The molecule has 0 atom stereocenters. The zero-order valence-corrected chi connectivity index (χ0v) is 13.1. The highest BCUT2D eigenvalue weighted by Gasteiger charge is 2.31. The number of hydrogen-bond acceptors (Lipinski definition) is 6. The molecule has 122 valence electrons. The molecule has 22 heavy (non-hydrogen) atoms. The Bertz CT molecular complexity index is 568. The maximum absolute atomic E-state index is 12.0. The molecule has 0 unspecified atom stereocenters. The number of nitrogens with zero attached hydrogens (tertiary/aromatic N) is 2. The van der Waals surface area contributed by atoms with Gasteiger partial charge in [-0.3, -0.25) is 4.79 Å². The minimum Gasteiger partial charge on any atom is -0.444 e. The van der Waals surface area contributed by atoms with Crippen molar-refractivity contribution in [1.29, 1.82) is 0 Å². The van der Waals surface area contributed by atoms with Crippen LogP contribution in [0.3, 0.4) is 0 Å². The Morgan fingerprint density at radius 1 is 1.32 bits per heavy atom. The van der Waals surface area contributed by atoms with Crippen LogP contribution in [0.2, 0.25) is 0 Å². The summed E-state index contributed by atoms with van der Waals surface area (Å²) in [5.74, 6) is -0.803. The second-order valence-corrected chi connectivity index (χ2v) is 6.42. The Kier molecular flexibility index (Phi) is 4.30. The summed E-state index contributed by atoms with van der Waals surface area (Å²) in [6.07, 6.45) is 1.03. The summed E-state index contributed by atoms with van der Waals surface area (Å²) in [5, 5.41) is 3.85. The van der Waals surface area contributed by atoms with Gasteiger partial charge in [0.15, 0.2) is 0 Å². The second-order valence-electron chi connectivity index (χ2n) is 6.42. The van der Waals surface area contributed by atoms with Crippen LogP contribution in [0.25, 0.3) is 0 Å². The molecule has 2 amide bonds. The predicted octanol–water partition coefficient (Wildman–Crippen LogP) is 1.47. The molecule has 1 aliphatic heterocycles. The molecule has 8 heteroatoms. The van der Waals surface area contributed by atoms with Crippen molar-refractivity contribution in [2.24, 2.45) is 5.73 Å². The van der Waals surface area contributed by atoms with Crippen molar-refractivity contribution in [3.63, 3.8) is 0 Å². The lowest BCUT2D eigenvalue weighted by Gasteiger charge is -2.32. The number of hydrogen-bond donors (Lipinski definition) is 2. The lowest BCUT2D eigenvalue weighted by molar-refractivity contribution is 0.0203. The van der Waals surface area contributed by atoms with Crippen molar-refractivity contribution in [3.05, 3.63) is 11.5 Å². The molecular formula is C14H22N4O4. The summed E-state index contributed by atoms with van der Waals surface area (Å²) in [6, 6.07) is 0. The fourth-order valence-corrected chi connectivity index (χ4v) is 2.44. The number of anilines is 1. The van der Waals surface area contributed by atoms with Crippen LogP contribution in [0.15, 0.2) is 4.52 Å². The summed E-state index contributed by atoms with van der Waals surface area (Å²) < 4.78 is 10.2. The first-order chi connectivity index (χ1) is 10.2. The van der Waals surface area contributed by atoms with Crippen molar-refractivity contribution in [1.82, 2.24) is 10.1 Å². The molecule has 2 heterocycles. The van der Waals surface area contributed by atoms with Gasteiger partial charge in [-0.15, -0.1) is 0 Å². The van der Waals surface area contributed by atoms with Crippen LogP contribution in [-0.4, -0.2) is 40.7 Å². The largest absolute Gasteiger partial charge is 0.444 e. The highest BCUT2D eigenvalue weighted by atomic mass is 16.6. The SMILES string of the molecule is CC(C)(C)OC(=O)N1CCC(c2noc(C(N)=O)c2N)CC1. The standard InChI is InChI=1S/C14H22N4O4/c1-14(2,3)21-13(20)18-6-4-8(5-7-18)10-9(15)11(12(16)19)22-17-10/h8H,4-7,15H2,1-3H3,(H2,16,19). The molecule has 0 aromatic carbocycles. The smallest absolute Gasteiger partial charge is 0.410 e. The fraction of sp³-hybridized carbons (Fsp3) is 0.643. The monoisotopic (exact) mass is 310 g/mol. The average Bonchev–Trinajstić information content (AvgIpc) is 2.79. The molecule has 0 bridgehead atoms. The van der Waals surface area contributed by atoms with Gasteiger partial charge in [0.2, 0.25) is 5.76 Å². The van der Waals surface area contributed by atoms with E-state index in [1.54, 1.807) is 4.90 Å². The van der Waals surface area contributed by atoms with Crippen LogP contribution >= 0.6 is 0 Å². The Morgan fingerprint density at radius 3 is 2.36 bits per heavy atom. The Labute approximate surface area is 128 Å². The molecule has 8 nitrogen and oxygen atoms in total. The number of carbonyl (C=O) groups is 2. The van der Waals surface area contributed by atoms with Crippen molar-refractivity contribution in [2.45, 2.75) is 45.1 Å². The molecule has 1 fully saturated rings. The van der Waals surface area contributed by atoms with Crippen LogP contribution < -0.4 is 11.5 Å². The number of amides is 2. The number of likely N-dealkylation sites (tertiary alicyclic amines) is 1. The predicted molar refractivity (Wildman–Crippen MR) is 79.2 cm³/mol. The van der Waals surface area contributed by atoms with Crippen molar-refractivity contribution in [3.8, 4) is 0 Å². The lowest BCUT2D eigenvalue weighted by Crippen LogP contribution is -2.41. The van der Waals surface area contributed by atoms with Crippen molar-refractivity contribution >= 4 is 17.7 Å². The van der Waals surface area contributed by atoms with Gasteiger partial charge in [0.05, 0.1) is 0 Å². The molecule has 4 N–H and O–H groups in total. The van der Waals surface area contributed by atoms with Gasteiger partial charge in [0, 0.05) is 19.0 Å². The summed E-state index contributed by atoms with van der Waals surface area (Å²) >= 11 is 0. The summed E-state index contributed by atoms with van der Waals surface area (Å²) in [6.45, 7) is 6.58. The maximum Gasteiger partial charge on any atom is 0.410 e. The quantitative estimate of drug-likeness (QED) is 0.852. The first-order valence-electron chi connectivity index (χ1n) is 7.22. The third kappa shape index (κ3) is 3.49. The highest BCUT2D eigenvalue weighted by molar-refractivity contribution is 5.95. The molecule has 1 saturated heterocycles. The fourth-order valence-electron chi connectivity index (χ4n) is 2.44. The third-order valence-electron chi connectivity index (χ3n) is 3.51. The molecule has 1 aromatic rings. The number of aromatic nitrogens is 1. The van der Waals surface area contributed by atoms with E-state index < -0.39 is 11.5 Å². The van der Waals surface area contributed by atoms with E-state index in [1.165, 1.54) is 0 Å². The van der Waals surface area contributed by atoms with E-state index in [-0.39, 0.29) is 23.5 Å². The zero-order chi connectivity index (χ0) is 16.5. The Hall–Kier alpha value is -2.25. The van der Waals surface area contributed by atoms with E-state index in [4.69, 9.17) is 20.7 Å². The second kappa shape index (κ2) is 5.86. The molecule has 1 aromatic heterocycles. The molecule has 2 rings (SSSR count). The topological polar surface area (TPSA) is 125 Å². The van der Waals surface area contributed by atoms with E-state index in [1.807, 2.05) is 20.8 Å². The third-order valence-corrected chi connectivity index (χ3v) is 3.51. The molecular weight excluding hydrogens is 288 g/mol. The minimum atomic E-state index is -0.734. The average molecular weight is 310 g/mol. The number of primary amides is 1. The van der Waals surface area contributed by atoms with Gasteiger partial charge in [-0.1, -0.05) is 5.16 Å². The van der Waals surface area contributed by atoms with E-state index in [9.17, 15) is 9.59 Å². The summed E-state index contributed by atoms with van der Waals surface area (Å²) in [7, 11) is 0. The first kappa shape index (κ1) is 16.1. The zero-order valence-electron chi connectivity index (χ0n) is 13.1. The highest BCUT2D eigenvalue weighted by Crippen LogP contribution is 2.32. The van der Waals surface area contributed by atoms with Crippen LogP contribution in [0, 0.1) is 0 Å². The van der Waals surface area contributed by atoms with Crippen LogP contribution in [-0.2, 0) is 4.74 Å². The molecule has 0 saturated carbocycles. The van der Waals surface area contributed by atoms with Crippen LogP contribution in [0.1, 0.15) is 55.8 Å². The number of carbonyl (C=O) groups excluding carboxylic acids is 2. The lowest BCUT2D eigenvalue weighted by atomic mass is 9.92. The minimum absolute atomic E-state index is 0.0375. The van der Waals surface area contributed by atoms with E-state index in [0.717, 1.165) is 0 Å². The van der Waals surface area contributed by atoms with Crippen molar-refractivity contribution < 1.29 is 18.8 Å². The number of nitrogens with two attached hydrogens (primary N) is 2. The van der Waals surface area contributed by atoms with Gasteiger partial charge in [-0.05, 0) is 33.6 Å². The van der Waals surface area contributed by atoms with Crippen LogP contribution in [0.5, 0.6) is 0 Å². The van der Waals surface area contributed by atoms with Crippen molar-refractivity contribution in [2.75, 3.05) is 18.8 Å². The van der Waals surface area contributed by atoms with E-state index in [0.29, 0.717) is 31.6 Å². The Morgan fingerprint density at radius 2 is 1.91 bits per heavy atom. The number of piperidine rings is 1. The number of rotatable bonds is 2. The van der Waals surface area contributed by atoms with Gasteiger partial charge in [-0.2, -0.15) is 0 Å². The maximum atomic E-state index is 12.0. The number of nitrogen functional groups attached to an aromatic ring is 1. The first-order valence-corrected chi connectivity index (χ1v) is 7.22. The van der Waals surface area contributed by atoms with Gasteiger partial charge in [-0.25, -0.2) is 4.79 Å². The van der Waals surface area contributed by atoms with Gasteiger partial charge < -0.3 is 25.6 Å². The van der Waals surface area contributed by atoms with Crippen LogP contribution in [0.4, 0.5) is 10.5 Å². The molecule has 0 radical (unpaired) electrons. The number of ether oxygens (including phenoxy) is 1. The molecule has 0 aliphatic carbocycles. The van der Waals surface area contributed by atoms with Gasteiger partial charge >= 0.3 is 6.09 Å². The van der Waals surface area contributed by atoms with E-state index in [2.05, 4.69) is 5.16 Å².